The predicted octanol–water partition coefficient (Wildman–Crippen LogP) is 3.90. The van der Waals surface area contributed by atoms with Crippen LogP contribution in [0.4, 0.5) is 15.9 Å². The summed E-state index contributed by atoms with van der Waals surface area (Å²) in [5.74, 6) is 0.496. The Bertz CT molecular complexity index is 1630. The van der Waals surface area contributed by atoms with Crippen molar-refractivity contribution in [3.8, 4) is 28.6 Å². The Hall–Kier alpha value is -4.65. The van der Waals surface area contributed by atoms with Gasteiger partial charge < -0.3 is 15.2 Å². The summed E-state index contributed by atoms with van der Waals surface area (Å²) in [5, 5.41) is 15.5. The fourth-order valence-electron chi connectivity index (χ4n) is 4.43. The van der Waals surface area contributed by atoms with Crippen molar-refractivity contribution in [2.45, 2.75) is 32.7 Å². The summed E-state index contributed by atoms with van der Waals surface area (Å²) in [6.45, 7) is 6.77. The van der Waals surface area contributed by atoms with Crippen molar-refractivity contribution < 1.29 is 9.18 Å². The van der Waals surface area contributed by atoms with Gasteiger partial charge in [0.25, 0.3) is 5.91 Å². The maximum absolute atomic E-state index is 15.0. The van der Waals surface area contributed by atoms with Gasteiger partial charge in [0.05, 0.1) is 17.2 Å². The number of aromatic nitrogens is 4. The van der Waals surface area contributed by atoms with Crippen LogP contribution in [0.25, 0.3) is 22.5 Å². The van der Waals surface area contributed by atoms with E-state index in [0.29, 0.717) is 23.3 Å². The minimum atomic E-state index is -0.795. The molecule has 1 aromatic carbocycles. The number of rotatable bonds is 4. The van der Waals surface area contributed by atoms with E-state index < -0.39 is 17.1 Å². The number of hydrogen-bond acceptors (Lipinski definition) is 7. The average molecular weight is 497 g/mol. The number of carbonyl (C=O) groups is 1. The number of amides is 1. The van der Waals surface area contributed by atoms with Crippen LogP contribution in [0, 0.1) is 24.1 Å². The summed E-state index contributed by atoms with van der Waals surface area (Å²) in [6.07, 6.45) is 3.20. The minimum Gasteiger partial charge on any atom is -0.369 e. The number of nitrogens with one attached hydrogen (secondary N) is 2. The van der Waals surface area contributed by atoms with E-state index in [1.54, 1.807) is 45.3 Å². The van der Waals surface area contributed by atoms with Gasteiger partial charge in [0.15, 0.2) is 0 Å². The fourth-order valence-corrected chi connectivity index (χ4v) is 4.43. The second-order valence-corrected chi connectivity index (χ2v) is 9.43. The molecule has 37 heavy (non-hydrogen) atoms. The second-order valence-electron chi connectivity index (χ2n) is 9.43. The van der Waals surface area contributed by atoms with Gasteiger partial charge in [-0.05, 0) is 67.8 Å². The van der Waals surface area contributed by atoms with Gasteiger partial charge in [0, 0.05) is 43.7 Å². The summed E-state index contributed by atoms with van der Waals surface area (Å²) >= 11 is 0. The quantitative estimate of drug-likeness (QED) is 0.442. The minimum absolute atomic E-state index is 0.0329. The molecule has 3 aliphatic rings. The highest BCUT2D eigenvalue weighted by Crippen LogP contribution is 2.39. The molecule has 10 heteroatoms. The molecule has 0 fully saturated rings. The Morgan fingerprint density at radius 2 is 2.05 bits per heavy atom. The van der Waals surface area contributed by atoms with Crippen LogP contribution < -0.4 is 16.3 Å². The maximum atomic E-state index is 15.0. The lowest BCUT2D eigenvalue weighted by molar-refractivity contribution is 0.102. The largest absolute Gasteiger partial charge is 0.369 e. The van der Waals surface area contributed by atoms with E-state index in [0.717, 1.165) is 34.9 Å². The number of anilines is 2. The fraction of sp³-hybridized carbons (Fsp3) is 0.259. The number of hydrogen-bond donors (Lipinski definition) is 2. The Balaban J connectivity index is 1.57. The maximum Gasteiger partial charge on any atom is 0.274 e. The number of pyridine rings is 2. The first-order valence-corrected chi connectivity index (χ1v) is 11.8. The van der Waals surface area contributed by atoms with Crippen LogP contribution >= 0.6 is 0 Å². The number of aryl methyl sites for hydroxylation is 1. The van der Waals surface area contributed by atoms with Gasteiger partial charge in [0.2, 0.25) is 5.62 Å². The summed E-state index contributed by atoms with van der Waals surface area (Å²) in [4.78, 5) is 30.1. The molecule has 2 aromatic rings. The van der Waals surface area contributed by atoms with E-state index in [-0.39, 0.29) is 11.4 Å². The molecule has 0 aliphatic carbocycles. The molecule has 5 rings (SSSR count). The van der Waals surface area contributed by atoms with E-state index >= 15 is 4.39 Å². The molecule has 1 aromatic heterocycles. The van der Waals surface area contributed by atoms with E-state index in [9.17, 15) is 10.1 Å². The normalized spacial score (nSPS) is 13.2. The molecule has 2 N–H and O–H groups in total. The zero-order valence-electron chi connectivity index (χ0n) is 20.9. The molecule has 0 atom stereocenters. The highest BCUT2D eigenvalue weighted by Gasteiger charge is 2.25. The van der Waals surface area contributed by atoms with Crippen molar-refractivity contribution in [3.05, 3.63) is 71.0 Å². The van der Waals surface area contributed by atoms with Crippen molar-refractivity contribution in [3.63, 3.8) is 0 Å². The molecular formula is C27H25FN8O. The third-order valence-electron chi connectivity index (χ3n) is 6.54. The zero-order chi connectivity index (χ0) is 26.3. The van der Waals surface area contributed by atoms with Gasteiger partial charge in [-0.1, -0.05) is 0 Å². The molecule has 186 valence electrons. The number of fused-ring (bicyclic) bond motifs is 3. The molecule has 0 radical (unpaired) electrons. The van der Waals surface area contributed by atoms with Gasteiger partial charge in [-0.2, -0.15) is 10.2 Å². The number of nitriles is 1. The van der Waals surface area contributed by atoms with Crippen LogP contribution in [0.1, 0.15) is 35.5 Å². The van der Waals surface area contributed by atoms with Crippen molar-refractivity contribution in [2.24, 2.45) is 4.99 Å². The first-order valence-electron chi connectivity index (χ1n) is 11.8. The SMILES string of the molecule is CN=c1ncc2cc(-c3cc(NC(=O)c4cc(C(C)(C)C#N)ccn4)c(F)cc3C)c3n(c-2n1)CCN3. The molecule has 4 heterocycles. The first kappa shape index (κ1) is 24.1. The van der Waals surface area contributed by atoms with Gasteiger partial charge >= 0.3 is 0 Å². The molecule has 1 amide bonds. The van der Waals surface area contributed by atoms with Gasteiger partial charge in [-0.15, -0.1) is 0 Å². The summed E-state index contributed by atoms with van der Waals surface area (Å²) < 4.78 is 17.1. The van der Waals surface area contributed by atoms with Gasteiger partial charge in [-0.25, -0.2) is 9.37 Å². The lowest BCUT2D eigenvalue weighted by atomic mass is 9.86. The summed E-state index contributed by atoms with van der Waals surface area (Å²) in [5.41, 5.74) is 3.53. The van der Waals surface area contributed by atoms with Crippen molar-refractivity contribution in [2.75, 3.05) is 24.2 Å². The molecule has 3 aliphatic heterocycles. The highest BCUT2D eigenvalue weighted by molar-refractivity contribution is 6.03. The standard InChI is InChI=1S/C27H25FN8O/c1-15-9-20(28)21(34-25(37)22-11-17(5-6-31-22)27(2,3)14-29)12-18(15)19-10-16-13-33-26(30-4)35-23(16)36-8-7-32-24(19)36/h5-6,9-13,32H,7-8H2,1-4H3,(H,34,37). The van der Waals surface area contributed by atoms with E-state index in [1.165, 1.54) is 12.3 Å². The summed E-state index contributed by atoms with van der Waals surface area (Å²) in [6, 6.07) is 10.4. The Kier molecular flexibility index (Phi) is 5.91. The topological polar surface area (TPSA) is 121 Å². The van der Waals surface area contributed by atoms with Gasteiger partial charge in [-0.3, -0.25) is 14.8 Å². The average Bonchev–Trinajstić information content (AvgIpc) is 3.40. The van der Waals surface area contributed by atoms with Crippen LogP contribution in [0.5, 0.6) is 0 Å². The number of benzene rings is 1. The Labute approximate surface area is 213 Å². The van der Waals surface area contributed by atoms with E-state index in [2.05, 4.69) is 41.2 Å². The van der Waals surface area contributed by atoms with E-state index in [1.807, 2.05) is 13.0 Å². The van der Waals surface area contributed by atoms with Crippen LogP contribution in [-0.2, 0) is 12.0 Å². The number of carbonyl (C=O) groups excluding carboxylic acids is 1. The van der Waals surface area contributed by atoms with Crippen LogP contribution in [0.2, 0.25) is 0 Å². The zero-order valence-corrected chi connectivity index (χ0v) is 20.9. The summed E-state index contributed by atoms with van der Waals surface area (Å²) in [7, 11) is 1.65. The van der Waals surface area contributed by atoms with Crippen molar-refractivity contribution >= 4 is 17.4 Å². The van der Waals surface area contributed by atoms with Crippen LogP contribution in [0.3, 0.4) is 0 Å². The highest BCUT2D eigenvalue weighted by atomic mass is 19.1. The Morgan fingerprint density at radius 1 is 1.24 bits per heavy atom. The third-order valence-corrected chi connectivity index (χ3v) is 6.54. The molecule has 0 spiro atoms. The number of halogens is 1. The molecular weight excluding hydrogens is 471 g/mol. The third kappa shape index (κ3) is 4.29. The van der Waals surface area contributed by atoms with Crippen LogP contribution in [-0.4, -0.2) is 39.0 Å². The Morgan fingerprint density at radius 3 is 2.81 bits per heavy atom. The molecule has 0 unspecified atom stereocenters. The first-order chi connectivity index (χ1) is 17.7. The molecule has 0 saturated carbocycles. The van der Waals surface area contributed by atoms with Gasteiger partial charge in [0.1, 0.15) is 23.2 Å². The second kappa shape index (κ2) is 9.09. The van der Waals surface area contributed by atoms with Crippen molar-refractivity contribution in [1.29, 1.82) is 5.26 Å². The lowest BCUT2D eigenvalue weighted by Crippen LogP contribution is -2.19. The van der Waals surface area contributed by atoms with E-state index in [4.69, 9.17) is 0 Å². The smallest absolute Gasteiger partial charge is 0.274 e. The predicted molar refractivity (Wildman–Crippen MR) is 138 cm³/mol. The molecule has 0 saturated heterocycles. The molecule has 9 nitrogen and oxygen atoms in total. The van der Waals surface area contributed by atoms with Crippen LogP contribution in [0.15, 0.2) is 47.7 Å². The lowest BCUT2D eigenvalue weighted by Gasteiger charge is -2.19. The monoisotopic (exact) mass is 496 g/mol. The number of nitrogens with zero attached hydrogens (tertiary/aromatic N) is 6. The molecule has 0 bridgehead atoms. The van der Waals surface area contributed by atoms with Crippen molar-refractivity contribution in [1.82, 2.24) is 19.5 Å².